The van der Waals surface area contributed by atoms with Gasteiger partial charge < -0.3 is 4.90 Å². The van der Waals surface area contributed by atoms with E-state index in [1.54, 1.807) is 0 Å². The van der Waals surface area contributed by atoms with Crippen LogP contribution in [0.5, 0.6) is 0 Å². The summed E-state index contributed by atoms with van der Waals surface area (Å²) in [6.07, 6.45) is 11.6. The third-order valence-electron chi connectivity index (χ3n) is 3.41. The van der Waals surface area contributed by atoms with Crippen LogP contribution in [0.2, 0.25) is 0 Å². The zero-order chi connectivity index (χ0) is 13.6. The van der Waals surface area contributed by atoms with Crippen LogP contribution in [0.15, 0.2) is 0 Å². The first-order valence-electron chi connectivity index (χ1n) is 8.04. The summed E-state index contributed by atoms with van der Waals surface area (Å²) in [4.78, 5) is 14.2. The normalized spacial score (nSPS) is 10.6. The highest BCUT2D eigenvalue weighted by atomic mass is 16.2. The molecule has 0 radical (unpaired) electrons. The Morgan fingerprint density at radius 2 is 1.22 bits per heavy atom. The van der Waals surface area contributed by atoms with Crippen molar-refractivity contribution in [3.8, 4) is 0 Å². The van der Waals surface area contributed by atoms with Crippen LogP contribution in [-0.2, 0) is 4.79 Å². The predicted octanol–water partition coefficient (Wildman–Crippen LogP) is 4.78. The molecule has 0 aliphatic rings. The molecule has 0 aromatic carbocycles. The lowest BCUT2D eigenvalue weighted by atomic mass is 10.1. The second-order valence-electron chi connectivity index (χ2n) is 5.25. The second-order valence-corrected chi connectivity index (χ2v) is 5.25. The Labute approximate surface area is 114 Å². The summed E-state index contributed by atoms with van der Waals surface area (Å²) in [7, 11) is 0. The van der Waals surface area contributed by atoms with Crippen molar-refractivity contribution in [2.75, 3.05) is 13.1 Å². The monoisotopic (exact) mass is 255 g/mol. The van der Waals surface area contributed by atoms with Gasteiger partial charge in [-0.3, -0.25) is 4.79 Å². The van der Waals surface area contributed by atoms with Gasteiger partial charge in [-0.15, -0.1) is 0 Å². The maximum absolute atomic E-state index is 12.1. The van der Waals surface area contributed by atoms with Crippen molar-refractivity contribution in [1.29, 1.82) is 0 Å². The molecule has 0 rings (SSSR count). The van der Waals surface area contributed by atoms with E-state index in [2.05, 4.69) is 25.7 Å². The number of nitrogens with zero attached hydrogens (tertiary/aromatic N) is 1. The molecule has 0 aromatic heterocycles. The zero-order valence-electron chi connectivity index (χ0n) is 12.8. The molecule has 18 heavy (non-hydrogen) atoms. The summed E-state index contributed by atoms with van der Waals surface area (Å²) in [5.41, 5.74) is 0. The van der Waals surface area contributed by atoms with Gasteiger partial charge in [-0.05, 0) is 19.3 Å². The third kappa shape index (κ3) is 9.49. The lowest BCUT2D eigenvalue weighted by molar-refractivity contribution is -0.131. The van der Waals surface area contributed by atoms with Crippen LogP contribution < -0.4 is 0 Å². The van der Waals surface area contributed by atoms with Crippen LogP contribution in [0.25, 0.3) is 0 Å². The van der Waals surface area contributed by atoms with Crippen molar-refractivity contribution >= 4 is 5.91 Å². The van der Waals surface area contributed by atoms with Gasteiger partial charge in [-0.25, -0.2) is 0 Å². The van der Waals surface area contributed by atoms with Crippen molar-refractivity contribution in [1.82, 2.24) is 4.90 Å². The van der Waals surface area contributed by atoms with Gasteiger partial charge in [-0.1, -0.05) is 59.3 Å². The number of hydrogen-bond acceptors (Lipinski definition) is 1. The molecule has 2 nitrogen and oxygen atoms in total. The first-order valence-corrected chi connectivity index (χ1v) is 8.04. The standard InChI is InChI=1S/C16H33NO/c1-4-7-10-11-12-13-16(18)17(14-8-5-2)15-9-6-3/h4-15H2,1-3H3. The molecular formula is C16H33NO. The molecule has 0 fully saturated rings. The first kappa shape index (κ1) is 17.5. The molecule has 0 atom stereocenters. The quantitative estimate of drug-likeness (QED) is 0.460. The molecule has 1 amide bonds. The van der Waals surface area contributed by atoms with E-state index in [1.807, 2.05) is 0 Å². The van der Waals surface area contributed by atoms with E-state index in [-0.39, 0.29) is 0 Å². The van der Waals surface area contributed by atoms with Crippen molar-refractivity contribution in [3.63, 3.8) is 0 Å². The average Bonchev–Trinajstić information content (AvgIpc) is 2.38. The highest BCUT2D eigenvalue weighted by molar-refractivity contribution is 5.76. The van der Waals surface area contributed by atoms with Gasteiger partial charge in [0.15, 0.2) is 0 Å². The zero-order valence-corrected chi connectivity index (χ0v) is 12.8. The van der Waals surface area contributed by atoms with E-state index in [0.29, 0.717) is 5.91 Å². The Kier molecular flexibility index (Phi) is 12.5. The number of amides is 1. The number of carbonyl (C=O) groups is 1. The fraction of sp³-hybridized carbons (Fsp3) is 0.938. The van der Waals surface area contributed by atoms with Gasteiger partial charge in [0.2, 0.25) is 5.91 Å². The van der Waals surface area contributed by atoms with Crippen molar-refractivity contribution < 1.29 is 4.79 Å². The van der Waals surface area contributed by atoms with Crippen molar-refractivity contribution in [2.24, 2.45) is 0 Å². The average molecular weight is 255 g/mol. The Morgan fingerprint density at radius 3 is 1.72 bits per heavy atom. The minimum atomic E-state index is 0.383. The molecule has 108 valence electrons. The molecule has 0 aliphatic carbocycles. The van der Waals surface area contributed by atoms with E-state index >= 15 is 0 Å². The largest absolute Gasteiger partial charge is 0.343 e. The Morgan fingerprint density at radius 1 is 0.722 bits per heavy atom. The summed E-state index contributed by atoms with van der Waals surface area (Å²) >= 11 is 0. The fourth-order valence-corrected chi connectivity index (χ4v) is 2.10. The lowest BCUT2D eigenvalue weighted by Gasteiger charge is -2.22. The maximum Gasteiger partial charge on any atom is 0.222 e. The third-order valence-corrected chi connectivity index (χ3v) is 3.41. The molecule has 2 heteroatoms. The molecule has 0 unspecified atom stereocenters. The lowest BCUT2D eigenvalue weighted by Crippen LogP contribution is -2.32. The molecule has 0 N–H and O–H groups in total. The van der Waals surface area contributed by atoms with Crippen LogP contribution in [0, 0.1) is 0 Å². The molecular weight excluding hydrogens is 222 g/mol. The van der Waals surface area contributed by atoms with E-state index in [4.69, 9.17) is 0 Å². The van der Waals surface area contributed by atoms with Gasteiger partial charge in [0.05, 0.1) is 0 Å². The van der Waals surface area contributed by atoms with E-state index in [1.165, 1.54) is 38.5 Å². The van der Waals surface area contributed by atoms with Crippen LogP contribution >= 0.6 is 0 Å². The minimum absolute atomic E-state index is 0.383. The summed E-state index contributed by atoms with van der Waals surface area (Å²) in [6, 6.07) is 0. The molecule has 0 bridgehead atoms. The number of rotatable bonds is 12. The van der Waals surface area contributed by atoms with Gasteiger partial charge in [0.25, 0.3) is 0 Å². The molecule has 0 saturated carbocycles. The van der Waals surface area contributed by atoms with E-state index < -0.39 is 0 Å². The number of hydrogen-bond donors (Lipinski definition) is 0. The van der Waals surface area contributed by atoms with Gasteiger partial charge in [0, 0.05) is 19.5 Å². The summed E-state index contributed by atoms with van der Waals surface area (Å²) < 4.78 is 0. The Balaban J connectivity index is 3.80. The number of unbranched alkanes of at least 4 members (excludes halogenated alkanes) is 6. The van der Waals surface area contributed by atoms with Crippen LogP contribution in [-0.4, -0.2) is 23.9 Å². The Hall–Kier alpha value is -0.530. The summed E-state index contributed by atoms with van der Waals surface area (Å²) in [6.45, 7) is 8.53. The van der Waals surface area contributed by atoms with Gasteiger partial charge in [-0.2, -0.15) is 0 Å². The van der Waals surface area contributed by atoms with E-state index in [9.17, 15) is 4.79 Å². The molecule has 0 heterocycles. The van der Waals surface area contributed by atoms with Gasteiger partial charge in [0.1, 0.15) is 0 Å². The molecule has 0 spiro atoms. The molecule has 0 aliphatic heterocycles. The highest BCUT2D eigenvalue weighted by Crippen LogP contribution is 2.08. The second kappa shape index (κ2) is 12.9. The molecule has 0 saturated heterocycles. The fourth-order valence-electron chi connectivity index (χ4n) is 2.10. The van der Waals surface area contributed by atoms with Crippen molar-refractivity contribution in [2.45, 2.75) is 85.0 Å². The first-order chi connectivity index (χ1) is 8.76. The van der Waals surface area contributed by atoms with Crippen LogP contribution in [0.1, 0.15) is 85.0 Å². The minimum Gasteiger partial charge on any atom is -0.343 e. The van der Waals surface area contributed by atoms with E-state index in [0.717, 1.165) is 38.8 Å². The van der Waals surface area contributed by atoms with Crippen LogP contribution in [0.3, 0.4) is 0 Å². The molecule has 0 aromatic rings. The SMILES string of the molecule is CCCCCCCC(=O)N(CCCC)CCCC. The van der Waals surface area contributed by atoms with Crippen molar-refractivity contribution in [3.05, 3.63) is 0 Å². The number of carbonyl (C=O) groups excluding carboxylic acids is 1. The highest BCUT2D eigenvalue weighted by Gasteiger charge is 2.11. The summed E-state index contributed by atoms with van der Waals surface area (Å²) in [5, 5.41) is 0. The summed E-state index contributed by atoms with van der Waals surface area (Å²) in [5.74, 6) is 0.383. The smallest absolute Gasteiger partial charge is 0.222 e. The maximum atomic E-state index is 12.1. The topological polar surface area (TPSA) is 20.3 Å². The van der Waals surface area contributed by atoms with Crippen LogP contribution in [0.4, 0.5) is 0 Å². The predicted molar refractivity (Wildman–Crippen MR) is 79.8 cm³/mol. The Bertz CT molecular complexity index is 184. The van der Waals surface area contributed by atoms with Gasteiger partial charge >= 0.3 is 0 Å².